The molecule has 0 spiro atoms. The molecule has 1 aromatic heterocycles. The standard InChI is InChI=1S/C8H14N4S2/c1-8(3-2-4-14-8)5-12-6(9)10-11-7(12)13/h2-5H2,1H3,(H2,9,10)(H,11,13). The summed E-state index contributed by atoms with van der Waals surface area (Å²) >= 11 is 7.11. The van der Waals surface area contributed by atoms with Crippen molar-refractivity contribution < 1.29 is 0 Å². The van der Waals surface area contributed by atoms with Crippen molar-refractivity contribution in [3.05, 3.63) is 4.77 Å². The maximum absolute atomic E-state index is 5.72. The Morgan fingerprint density at radius 1 is 1.79 bits per heavy atom. The molecule has 6 heteroatoms. The summed E-state index contributed by atoms with van der Waals surface area (Å²) in [6.07, 6.45) is 2.51. The van der Waals surface area contributed by atoms with Gasteiger partial charge in [0.05, 0.1) is 0 Å². The quantitative estimate of drug-likeness (QED) is 0.761. The van der Waals surface area contributed by atoms with Crippen LogP contribution in [-0.2, 0) is 6.54 Å². The van der Waals surface area contributed by atoms with Crippen molar-refractivity contribution in [2.45, 2.75) is 31.1 Å². The van der Waals surface area contributed by atoms with Crippen LogP contribution in [0, 0.1) is 4.77 Å². The number of H-pyrrole nitrogens is 1. The second-order valence-electron chi connectivity index (χ2n) is 3.88. The monoisotopic (exact) mass is 230 g/mol. The predicted molar refractivity (Wildman–Crippen MR) is 61.9 cm³/mol. The van der Waals surface area contributed by atoms with Gasteiger partial charge in [0.1, 0.15) is 0 Å². The second kappa shape index (κ2) is 3.58. The zero-order valence-electron chi connectivity index (χ0n) is 8.12. The van der Waals surface area contributed by atoms with Crippen LogP contribution >= 0.6 is 24.0 Å². The number of hydrogen-bond donors (Lipinski definition) is 2. The van der Waals surface area contributed by atoms with Crippen LogP contribution in [0.25, 0.3) is 0 Å². The number of nitrogens with one attached hydrogen (secondary N) is 1. The summed E-state index contributed by atoms with van der Waals surface area (Å²) in [6, 6.07) is 0. The molecule has 1 saturated heterocycles. The Hall–Kier alpha value is -0.490. The van der Waals surface area contributed by atoms with E-state index in [2.05, 4.69) is 17.1 Å². The van der Waals surface area contributed by atoms with Gasteiger partial charge in [-0.3, -0.25) is 4.57 Å². The largest absolute Gasteiger partial charge is 0.368 e. The van der Waals surface area contributed by atoms with E-state index in [-0.39, 0.29) is 4.75 Å². The summed E-state index contributed by atoms with van der Waals surface area (Å²) in [7, 11) is 0. The van der Waals surface area contributed by atoms with Crippen molar-refractivity contribution in [1.29, 1.82) is 0 Å². The summed E-state index contributed by atoms with van der Waals surface area (Å²) in [5.41, 5.74) is 5.72. The molecule has 2 rings (SSSR count). The van der Waals surface area contributed by atoms with Crippen LogP contribution < -0.4 is 5.73 Å². The zero-order chi connectivity index (χ0) is 10.2. The van der Waals surface area contributed by atoms with Gasteiger partial charge in [-0.05, 0) is 37.7 Å². The maximum atomic E-state index is 5.72. The van der Waals surface area contributed by atoms with Gasteiger partial charge in [-0.1, -0.05) is 0 Å². The molecular formula is C8H14N4S2. The molecule has 1 aliphatic rings. The Labute approximate surface area is 92.3 Å². The minimum atomic E-state index is 0.274. The van der Waals surface area contributed by atoms with Crippen LogP contribution in [0.3, 0.4) is 0 Å². The highest BCUT2D eigenvalue weighted by Gasteiger charge is 2.30. The molecular weight excluding hydrogens is 216 g/mol. The van der Waals surface area contributed by atoms with Crippen LogP contribution in [-0.4, -0.2) is 25.3 Å². The van der Waals surface area contributed by atoms with E-state index in [1.54, 1.807) is 0 Å². The number of nitrogens with zero attached hydrogens (tertiary/aromatic N) is 2. The lowest BCUT2D eigenvalue weighted by atomic mass is 10.1. The molecule has 0 saturated carbocycles. The van der Waals surface area contributed by atoms with Crippen molar-refractivity contribution >= 4 is 29.9 Å². The maximum Gasteiger partial charge on any atom is 0.220 e. The minimum Gasteiger partial charge on any atom is -0.368 e. The van der Waals surface area contributed by atoms with Crippen LogP contribution in [0.5, 0.6) is 0 Å². The van der Waals surface area contributed by atoms with Gasteiger partial charge in [0.15, 0.2) is 4.77 Å². The smallest absolute Gasteiger partial charge is 0.220 e. The molecule has 78 valence electrons. The van der Waals surface area contributed by atoms with Gasteiger partial charge in [-0.15, -0.1) is 5.10 Å². The van der Waals surface area contributed by atoms with Crippen molar-refractivity contribution in [3.8, 4) is 0 Å². The lowest BCUT2D eigenvalue weighted by Crippen LogP contribution is -2.24. The van der Waals surface area contributed by atoms with E-state index < -0.39 is 0 Å². The van der Waals surface area contributed by atoms with Crippen LogP contribution in [0.4, 0.5) is 5.95 Å². The molecule has 0 aromatic carbocycles. The molecule has 14 heavy (non-hydrogen) atoms. The van der Waals surface area contributed by atoms with Gasteiger partial charge < -0.3 is 5.73 Å². The molecule has 4 nitrogen and oxygen atoms in total. The zero-order valence-corrected chi connectivity index (χ0v) is 9.75. The molecule has 0 bridgehead atoms. The third-order valence-electron chi connectivity index (χ3n) is 2.58. The summed E-state index contributed by atoms with van der Waals surface area (Å²) in [5.74, 6) is 1.73. The van der Waals surface area contributed by atoms with Gasteiger partial charge in [0.2, 0.25) is 5.95 Å². The molecule has 0 aliphatic carbocycles. The molecule has 1 aliphatic heterocycles. The van der Waals surface area contributed by atoms with E-state index in [0.29, 0.717) is 10.7 Å². The SMILES string of the molecule is CC1(Cn2c(N)n[nH]c2=S)CCCS1. The van der Waals surface area contributed by atoms with Crippen molar-refractivity contribution in [2.24, 2.45) is 0 Å². The highest BCUT2D eigenvalue weighted by molar-refractivity contribution is 8.00. The third kappa shape index (κ3) is 1.81. The van der Waals surface area contributed by atoms with Gasteiger partial charge in [0, 0.05) is 11.3 Å². The molecule has 1 unspecified atom stereocenters. The van der Waals surface area contributed by atoms with Gasteiger partial charge in [-0.2, -0.15) is 11.8 Å². The highest BCUT2D eigenvalue weighted by atomic mass is 32.2. The summed E-state index contributed by atoms with van der Waals surface area (Å²) in [6.45, 7) is 3.12. The summed E-state index contributed by atoms with van der Waals surface area (Å²) in [5, 5.41) is 6.61. The lowest BCUT2D eigenvalue weighted by molar-refractivity contribution is 0.510. The molecule has 1 atom stereocenters. The average molecular weight is 230 g/mol. The summed E-state index contributed by atoms with van der Waals surface area (Å²) in [4.78, 5) is 0. The van der Waals surface area contributed by atoms with E-state index in [9.17, 15) is 0 Å². The Morgan fingerprint density at radius 2 is 2.57 bits per heavy atom. The van der Waals surface area contributed by atoms with Gasteiger partial charge >= 0.3 is 0 Å². The summed E-state index contributed by atoms with van der Waals surface area (Å²) < 4.78 is 2.78. The Balaban J connectivity index is 2.21. The fraction of sp³-hybridized carbons (Fsp3) is 0.750. The number of aromatic nitrogens is 3. The number of rotatable bonds is 2. The molecule has 1 aromatic rings. The minimum absolute atomic E-state index is 0.274. The predicted octanol–water partition coefficient (Wildman–Crippen LogP) is 1.81. The first kappa shape index (κ1) is 10.0. The van der Waals surface area contributed by atoms with Crippen molar-refractivity contribution in [2.75, 3.05) is 11.5 Å². The van der Waals surface area contributed by atoms with Gasteiger partial charge in [0.25, 0.3) is 0 Å². The van der Waals surface area contributed by atoms with Crippen LogP contribution in [0.15, 0.2) is 0 Å². The normalized spacial score (nSPS) is 26.9. The van der Waals surface area contributed by atoms with E-state index in [1.165, 1.54) is 18.6 Å². The number of nitrogens with two attached hydrogens (primary N) is 1. The topological polar surface area (TPSA) is 59.6 Å². The molecule has 0 amide bonds. The number of thioether (sulfide) groups is 1. The van der Waals surface area contributed by atoms with E-state index in [4.69, 9.17) is 18.0 Å². The molecule has 2 heterocycles. The molecule has 1 fully saturated rings. The Morgan fingerprint density at radius 3 is 3.07 bits per heavy atom. The van der Waals surface area contributed by atoms with Gasteiger partial charge in [-0.25, -0.2) is 5.10 Å². The van der Waals surface area contributed by atoms with E-state index in [1.807, 2.05) is 16.3 Å². The number of nitrogen functional groups attached to an aromatic ring is 1. The van der Waals surface area contributed by atoms with E-state index in [0.717, 1.165) is 6.54 Å². The Bertz CT molecular complexity index is 375. The number of hydrogen-bond acceptors (Lipinski definition) is 4. The molecule has 3 N–H and O–H groups in total. The second-order valence-corrected chi connectivity index (χ2v) is 5.94. The van der Waals surface area contributed by atoms with Crippen molar-refractivity contribution in [1.82, 2.24) is 14.8 Å². The molecule has 0 radical (unpaired) electrons. The number of aromatic amines is 1. The van der Waals surface area contributed by atoms with Crippen LogP contribution in [0.1, 0.15) is 19.8 Å². The first-order chi connectivity index (χ1) is 6.61. The first-order valence-electron chi connectivity index (χ1n) is 4.65. The van der Waals surface area contributed by atoms with E-state index >= 15 is 0 Å². The highest BCUT2D eigenvalue weighted by Crippen LogP contribution is 2.39. The fourth-order valence-corrected chi connectivity index (χ4v) is 3.27. The number of anilines is 1. The van der Waals surface area contributed by atoms with Crippen molar-refractivity contribution in [3.63, 3.8) is 0 Å². The van der Waals surface area contributed by atoms with Crippen LogP contribution in [0.2, 0.25) is 0 Å². The third-order valence-corrected chi connectivity index (χ3v) is 4.42. The Kier molecular flexibility index (Phi) is 2.57. The lowest BCUT2D eigenvalue weighted by Gasteiger charge is -2.22. The first-order valence-corrected chi connectivity index (χ1v) is 6.05. The fourth-order valence-electron chi connectivity index (χ4n) is 1.78. The average Bonchev–Trinajstić information content (AvgIpc) is 2.68.